The van der Waals surface area contributed by atoms with Crippen molar-refractivity contribution in [2.75, 3.05) is 0 Å². The standard InChI is InChI=1S/C8H10FN3O/c1-5-4-6(9)2-3-7(5)11-8(10)12-13/h2-4,13H,1H3,(H3,10,11,12). The molecule has 0 aliphatic rings. The van der Waals surface area contributed by atoms with Gasteiger partial charge < -0.3 is 5.73 Å². The summed E-state index contributed by atoms with van der Waals surface area (Å²) in [7, 11) is 0. The van der Waals surface area contributed by atoms with Gasteiger partial charge in [-0.25, -0.2) is 14.9 Å². The smallest absolute Gasteiger partial charge is 0.218 e. The maximum Gasteiger partial charge on any atom is 0.218 e. The zero-order chi connectivity index (χ0) is 9.84. The maximum atomic E-state index is 12.6. The second kappa shape index (κ2) is 3.86. The molecule has 0 unspecified atom stereocenters. The summed E-state index contributed by atoms with van der Waals surface area (Å²) in [5.41, 5.74) is 8.06. The number of aryl methyl sites for hydroxylation is 1. The quantitative estimate of drug-likeness (QED) is 0.346. The number of hydrogen-bond donors (Lipinski definition) is 3. The Kier molecular flexibility index (Phi) is 2.81. The molecule has 4 N–H and O–H groups in total. The third kappa shape index (κ3) is 2.41. The number of nitrogens with one attached hydrogen (secondary N) is 1. The molecule has 0 bridgehead atoms. The first-order valence-corrected chi connectivity index (χ1v) is 3.64. The number of benzene rings is 1. The van der Waals surface area contributed by atoms with E-state index >= 15 is 0 Å². The van der Waals surface area contributed by atoms with Gasteiger partial charge in [-0.05, 0) is 30.7 Å². The molecule has 1 aromatic rings. The van der Waals surface area contributed by atoms with Crippen molar-refractivity contribution in [1.82, 2.24) is 5.48 Å². The molecule has 70 valence electrons. The van der Waals surface area contributed by atoms with E-state index in [1.165, 1.54) is 18.2 Å². The van der Waals surface area contributed by atoms with Crippen LogP contribution in [0.1, 0.15) is 5.56 Å². The lowest BCUT2D eigenvalue weighted by Gasteiger charge is -2.01. The Morgan fingerprint density at radius 3 is 2.85 bits per heavy atom. The number of aliphatic imine (C=N–C) groups is 1. The van der Waals surface area contributed by atoms with E-state index in [0.29, 0.717) is 11.3 Å². The van der Waals surface area contributed by atoms with Crippen LogP contribution < -0.4 is 11.2 Å². The van der Waals surface area contributed by atoms with Gasteiger partial charge in [-0.1, -0.05) is 0 Å². The second-order valence-electron chi connectivity index (χ2n) is 2.54. The fourth-order valence-corrected chi connectivity index (χ4v) is 0.899. The van der Waals surface area contributed by atoms with E-state index in [2.05, 4.69) is 4.99 Å². The fourth-order valence-electron chi connectivity index (χ4n) is 0.899. The summed E-state index contributed by atoms with van der Waals surface area (Å²) in [6, 6.07) is 4.09. The minimum absolute atomic E-state index is 0.130. The first-order chi connectivity index (χ1) is 6.13. The maximum absolute atomic E-state index is 12.6. The van der Waals surface area contributed by atoms with Crippen LogP contribution in [0.25, 0.3) is 0 Å². The average Bonchev–Trinajstić information content (AvgIpc) is 2.09. The van der Waals surface area contributed by atoms with E-state index in [1.807, 2.05) is 0 Å². The molecule has 0 aliphatic carbocycles. The van der Waals surface area contributed by atoms with Gasteiger partial charge in [0.2, 0.25) is 5.96 Å². The number of guanidine groups is 1. The van der Waals surface area contributed by atoms with Crippen LogP contribution in [0.5, 0.6) is 0 Å². The van der Waals surface area contributed by atoms with Crippen LogP contribution in [0.15, 0.2) is 23.2 Å². The predicted molar refractivity (Wildman–Crippen MR) is 47.3 cm³/mol. The molecule has 0 spiro atoms. The molecule has 1 aromatic carbocycles. The number of hydroxylamine groups is 1. The van der Waals surface area contributed by atoms with Gasteiger partial charge in [0.15, 0.2) is 0 Å². The molecule has 0 aliphatic heterocycles. The van der Waals surface area contributed by atoms with Gasteiger partial charge in [-0.15, -0.1) is 0 Å². The molecule has 1 rings (SSSR count). The Morgan fingerprint density at radius 2 is 2.31 bits per heavy atom. The third-order valence-corrected chi connectivity index (χ3v) is 1.51. The van der Waals surface area contributed by atoms with E-state index in [1.54, 1.807) is 12.4 Å². The summed E-state index contributed by atoms with van der Waals surface area (Å²) in [5.74, 6) is -0.457. The van der Waals surface area contributed by atoms with Gasteiger partial charge >= 0.3 is 0 Å². The van der Waals surface area contributed by atoms with Gasteiger partial charge in [0.1, 0.15) is 5.82 Å². The Balaban J connectivity index is 3.03. The van der Waals surface area contributed by atoms with Crippen LogP contribution in [0, 0.1) is 12.7 Å². The molecule has 0 aromatic heterocycles. The number of nitrogens with two attached hydrogens (primary N) is 1. The van der Waals surface area contributed by atoms with E-state index < -0.39 is 0 Å². The largest absolute Gasteiger partial charge is 0.368 e. The molecule has 0 atom stereocenters. The topological polar surface area (TPSA) is 70.6 Å². The predicted octanol–water partition coefficient (Wildman–Crippen LogP) is 1.06. The first-order valence-electron chi connectivity index (χ1n) is 3.64. The number of rotatable bonds is 1. The highest BCUT2D eigenvalue weighted by molar-refractivity contribution is 5.80. The van der Waals surface area contributed by atoms with Crippen LogP contribution >= 0.6 is 0 Å². The molecule has 0 fully saturated rings. The highest BCUT2D eigenvalue weighted by Gasteiger charge is 1.98. The molecule has 5 heteroatoms. The SMILES string of the molecule is Cc1cc(F)ccc1N=C(N)NO. The molecule has 0 radical (unpaired) electrons. The highest BCUT2D eigenvalue weighted by Crippen LogP contribution is 2.18. The molecule has 0 saturated heterocycles. The Labute approximate surface area is 74.9 Å². The zero-order valence-corrected chi connectivity index (χ0v) is 7.08. The van der Waals surface area contributed by atoms with Gasteiger partial charge in [0.05, 0.1) is 5.69 Å². The zero-order valence-electron chi connectivity index (χ0n) is 7.08. The molecule has 13 heavy (non-hydrogen) atoms. The van der Waals surface area contributed by atoms with Crippen molar-refractivity contribution < 1.29 is 9.60 Å². The minimum atomic E-state index is -0.327. The van der Waals surface area contributed by atoms with Crippen molar-refractivity contribution in [3.63, 3.8) is 0 Å². The molecular formula is C8H10FN3O. The molecule has 0 amide bonds. The van der Waals surface area contributed by atoms with E-state index in [-0.39, 0.29) is 11.8 Å². The molecule has 0 heterocycles. The van der Waals surface area contributed by atoms with Crippen molar-refractivity contribution in [3.05, 3.63) is 29.6 Å². The van der Waals surface area contributed by atoms with E-state index in [4.69, 9.17) is 10.9 Å². The number of nitrogens with zero attached hydrogens (tertiary/aromatic N) is 1. The third-order valence-electron chi connectivity index (χ3n) is 1.51. The van der Waals surface area contributed by atoms with Gasteiger partial charge in [-0.2, -0.15) is 0 Å². The van der Waals surface area contributed by atoms with Crippen molar-refractivity contribution in [2.45, 2.75) is 6.92 Å². The van der Waals surface area contributed by atoms with Crippen LogP contribution in [-0.2, 0) is 0 Å². The van der Waals surface area contributed by atoms with Crippen LogP contribution in [0.4, 0.5) is 10.1 Å². The van der Waals surface area contributed by atoms with Gasteiger partial charge in [0, 0.05) is 0 Å². The van der Waals surface area contributed by atoms with E-state index in [0.717, 1.165) is 0 Å². The molecule has 0 saturated carbocycles. The summed E-state index contributed by atoms with van der Waals surface area (Å²) in [6.45, 7) is 1.70. The van der Waals surface area contributed by atoms with E-state index in [9.17, 15) is 4.39 Å². The van der Waals surface area contributed by atoms with Crippen LogP contribution in [-0.4, -0.2) is 11.2 Å². The summed E-state index contributed by atoms with van der Waals surface area (Å²) >= 11 is 0. The summed E-state index contributed by atoms with van der Waals surface area (Å²) in [4.78, 5) is 3.78. The summed E-state index contributed by atoms with van der Waals surface area (Å²) in [6.07, 6.45) is 0. The Hall–Kier alpha value is -1.62. The average molecular weight is 183 g/mol. The second-order valence-corrected chi connectivity index (χ2v) is 2.54. The van der Waals surface area contributed by atoms with Crippen molar-refractivity contribution >= 4 is 11.6 Å². The number of halogens is 1. The van der Waals surface area contributed by atoms with Crippen molar-refractivity contribution in [1.29, 1.82) is 0 Å². The molecule has 4 nitrogen and oxygen atoms in total. The van der Waals surface area contributed by atoms with Crippen LogP contribution in [0.2, 0.25) is 0 Å². The van der Waals surface area contributed by atoms with Crippen LogP contribution in [0.3, 0.4) is 0 Å². The van der Waals surface area contributed by atoms with Gasteiger partial charge in [-0.3, -0.25) is 5.21 Å². The van der Waals surface area contributed by atoms with Gasteiger partial charge in [0.25, 0.3) is 0 Å². The lowest BCUT2D eigenvalue weighted by Crippen LogP contribution is -2.27. The summed E-state index contributed by atoms with van der Waals surface area (Å²) < 4.78 is 12.6. The lowest BCUT2D eigenvalue weighted by atomic mass is 10.2. The normalized spacial score (nSPS) is 11.5. The summed E-state index contributed by atoms with van der Waals surface area (Å²) in [5, 5.41) is 8.36. The lowest BCUT2D eigenvalue weighted by molar-refractivity contribution is 0.233. The fraction of sp³-hybridized carbons (Fsp3) is 0.125. The Morgan fingerprint density at radius 1 is 1.62 bits per heavy atom. The Bertz CT molecular complexity index is 338. The first kappa shape index (κ1) is 9.47. The van der Waals surface area contributed by atoms with Crippen molar-refractivity contribution in [3.8, 4) is 0 Å². The highest BCUT2D eigenvalue weighted by atomic mass is 19.1. The molecular weight excluding hydrogens is 173 g/mol. The monoisotopic (exact) mass is 183 g/mol. The van der Waals surface area contributed by atoms with Crippen molar-refractivity contribution in [2.24, 2.45) is 10.7 Å². The number of hydrogen-bond acceptors (Lipinski definition) is 2. The minimum Gasteiger partial charge on any atom is -0.368 e.